The van der Waals surface area contributed by atoms with Crippen molar-refractivity contribution in [2.24, 2.45) is 0 Å². The van der Waals surface area contributed by atoms with E-state index < -0.39 is 5.38 Å². The lowest BCUT2D eigenvalue weighted by molar-refractivity contribution is -0.115. The van der Waals surface area contributed by atoms with Gasteiger partial charge in [0.1, 0.15) is 5.38 Å². The van der Waals surface area contributed by atoms with Crippen LogP contribution in [0.4, 0.5) is 5.13 Å². The van der Waals surface area contributed by atoms with E-state index in [0.717, 1.165) is 15.8 Å². The summed E-state index contributed by atoms with van der Waals surface area (Å²) in [6.07, 6.45) is 0. The highest BCUT2D eigenvalue weighted by Crippen LogP contribution is 2.27. The van der Waals surface area contributed by atoms with Crippen LogP contribution in [-0.2, 0) is 4.79 Å². The molecule has 0 aliphatic carbocycles. The zero-order valence-electron chi connectivity index (χ0n) is 8.95. The van der Waals surface area contributed by atoms with Crippen molar-refractivity contribution in [3.63, 3.8) is 0 Å². The Hall–Kier alpha value is -1.13. The number of amides is 1. The van der Waals surface area contributed by atoms with Crippen molar-refractivity contribution < 1.29 is 4.79 Å². The minimum Gasteiger partial charge on any atom is -0.301 e. The van der Waals surface area contributed by atoms with E-state index in [2.05, 4.69) is 10.3 Å². The van der Waals surface area contributed by atoms with Gasteiger partial charge < -0.3 is 5.32 Å². The molecule has 3 nitrogen and oxygen atoms in total. The Morgan fingerprint density at radius 3 is 2.94 bits per heavy atom. The summed E-state index contributed by atoms with van der Waals surface area (Å²) in [4.78, 5) is 15.8. The summed E-state index contributed by atoms with van der Waals surface area (Å²) >= 11 is 7.13. The van der Waals surface area contributed by atoms with Crippen molar-refractivity contribution in [1.82, 2.24) is 4.98 Å². The molecule has 0 bridgehead atoms. The molecular formula is C11H11ClN2OS. The van der Waals surface area contributed by atoms with Gasteiger partial charge in [-0.05, 0) is 25.5 Å². The van der Waals surface area contributed by atoms with E-state index in [9.17, 15) is 4.79 Å². The first kappa shape index (κ1) is 11.4. The SMILES string of the molecule is Cc1cccc2sc(NC(=O)C(C)Cl)nc12. The van der Waals surface area contributed by atoms with E-state index in [1.807, 2.05) is 25.1 Å². The standard InChI is InChI=1S/C11H11ClN2OS/c1-6-4-3-5-8-9(6)13-11(16-8)14-10(15)7(2)12/h3-5,7H,1-2H3,(H,13,14,15). The number of halogens is 1. The summed E-state index contributed by atoms with van der Waals surface area (Å²) in [6, 6.07) is 5.96. The van der Waals surface area contributed by atoms with Crippen LogP contribution >= 0.6 is 22.9 Å². The maximum absolute atomic E-state index is 11.4. The third-order valence-electron chi connectivity index (χ3n) is 2.21. The molecule has 1 aromatic carbocycles. The molecule has 1 heterocycles. The Balaban J connectivity index is 2.33. The third-order valence-corrected chi connectivity index (χ3v) is 3.35. The number of nitrogens with zero attached hydrogens (tertiary/aromatic N) is 1. The van der Waals surface area contributed by atoms with Crippen LogP contribution < -0.4 is 5.32 Å². The molecule has 1 amide bonds. The van der Waals surface area contributed by atoms with Crippen molar-refractivity contribution in [1.29, 1.82) is 0 Å². The number of alkyl halides is 1. The fraction of sp³-hybridized carbons (Fsp3) is 0.273. The van der Waals surface area contributed by atoms with Gasteiger partial charge in [0, 0.05) is 0 Å². The van der Waals surface area contributed by atoms with E-state index in [-0.39, 0.29) is 5.91 Å². The summed E-state index contributed by atoms with van der Waals surface area (Å²) < 4.78 is 1.07. The molecule has 0 saturated heterocycles. The largest absolute Gasteiger partial charge is 0.301 e. The first-order valence-corrected chi connectivity index (χ1v) is 6.14. The highest BCUT2D eigenvalue weighted by molar-refractivity contribution is 7.22. The first-order chi connectivity index (χ1) is 7.58. The molecule has 1 unspecified atom stereocenters. The van der Waals surface area contributed by atoms with Crippen LogP contribution in [0.3, 0.4) is 0 Å². The molecule has 84 valence electrons. The number of carbonyl (C=O) groups is 1. The molecule has 0 fully saturated rings. The van der Waals surface area contributed by atoms with Crippen LogP contribution in [0, 0.1) is 6.92 Å². The number of carbonyl (C=O) groups excluding carboxylic acids is 1. The van der Waals surface area contributed by atoms with Gasteiger partial charge >= 0.3 is 0 Å². The zero-order valence-corrected chi connectivity index (χ0v) is 10.5. The second-order valence-corrected chi connectivity index (χ2v) is 5.23. The van der Waals surface area contributed by atoms with E-state index in [1.54, 1.807) is 6.92 Å². The molecule has 1 N–H and O–H groups in total. The predicted molar refractivity (Wildman–Crippen MR) is 68.3 cm³/mol. The Bertz CT molecular complexity index is 536. The van der Waals surface area contributed by atoms with Crippen LogP contribution in [0.15, 0.2) is 18.2 Å². The monoisotopic (exact) mass is 254 g/mol. The smallest absolute Gasteiger partial charge is 0.243 e. The van der Waals surface area contributed by atoms with Gasteiger partial charge in [-0.25, -0.2) is 4.98 Å². The Morgan fingerprint density at radius 1 is 1.56 bits per heavy atom. The Kier molecular flexibility index (Phi) is 3.12. The van der Waals surface area contributed by atoms with E-state index in [4.69, 9.17) is 11.6 Å². The van der Waals surface area contributed by atoms with Crippen molar-refractivity contribution in [2.75, 3.05) is 5.32 Å². The van der Waals surface area contributed by atoms with Crippen LogP contribution in [0.25, 0.3) is 10.2 Å². The van der Waals surface area contributed by atoms with Gasteiger partial charge in [0.25, 0.3) is 0 Å². The lowest BCUT2D eigenvalue weighted by Gasteiger charge is -2.01. The van der Waals surface area contributed by atoms with Crippen LogP contribution in [0.5, 0.6) is 0 Å². The van der Waals surface area contributed by atoms with Gasteiger partial charge in [-0.2, -0.15) is 0 Å². The molecule has 0 aliphatic rings. The minimum atomic E-state index is -0.548. The number of hydrogen-bond acceptors (Lipinski definition) is 3. The second-order valence-electron chi connectivity index (χ2n) is 3.55. The van der Waals surface area contributed by atoms with Gasteiger partial charge in [0.15, 0.2) is 5.13 Å². The third kappa shape index (κ3) is 2.18. The maximum Gasteiger partial charge on any atom is 0.243 e. The second kappa shape index (κ2) is 4.39. The number of rotatable bonds is 2. The highest BCUT2D eigenvalue weighted by atomic mass is 35.5. The van der Waals surface area contributed by atoms with Crippen molar-refractivity contribution >= 4 is 44.2 Å². The number of hydrogen-bond donors (Lipinski definition) is 1. The summed E-state index contributed by atoms with van der Waals surface area (Å²) in [6.45, 7) is 3.63. The molecule has 1 aromatic heterocycles. The molecule has 16 heavy (non-hydrogen) atoms. The van der Waals surface area contributed by atoms with Gasteiger partial charge in [-0.1, -0.05) is 23.5 Å². The molecule has 0 aliphatic heterocycles. The lowest BCUT2D eigenvalue weighted by atomic mass is 10.2. The molecule has 0 radical (unpaired) electrons. The number of anilines is 1. The Labute approximate surface area is 102 Å². The van der Waals surface area contributed by atoms with Gasteiger partial charge in [-0.3, -0.25) is 4.79 Å². The van der Waals surface area contributed by atoms with E-state index in [1.165, 1.54) is 11.3 Å². The zero-order chi connectivity index (χ0) is 11.7. The molecule has 5 heteroatoms. The van der Waals surface area contributed by atoms with Crippen molar-refractivity contribution in [3.8, 4) is 0 Å². The number of fused-ring (bicyclic) bond motifs is 1. The minimum absolute atomic E-state index is 0.224. The summed E-state index contributed by atoms with van der Waals surface area (Å²) in [7, 11) is 0. The maximum atomic E-state index is 11.4. The van der Waals surface area contributed by atoms with Crippen molar-refractivity contribution in [3.05, 3.63) is 23.8 Å². The van der Waals surface area contributed by atoms with Crippen LogP contribution in [0.2, 0.25) is 0 Å². The fourth-order valence-corrected chi connectivity index (χ4v) is 2.35. The number of benzene rings is 1. The Morgan fingerprint density at radius 2 is 2.31 bits per heavy atom. The summed E-state index contributed by atoms with van der Waals surface area (Å²) in [5, 5.41) is 2.75. The number of aromatic nitrogens is 1. The predicted octanol–water partition coefficient (Wildman–Crippen LogP) is 3.17. The first-order valence-electron chi connectivity index (χ1n) is 4.89. The molecular weight excluding hydrogens is 244 g/mol. The average Bonchev–Trinajstić information content (AvgIpc) is 2.61. The molecule has 1 atom stereocenters. The van der Waals surface area contributed by atoms with Crippen LogP contribution in [-0.4, -0.2) is 16.3 Å². The van der Waals surface area contributed by atoms with Gasteiger partial charge in [-0.15, -0.1) is 11.6 Å². The number of nitrogens with one attached hydrogen (secondary N) is 1. The van der Waals surface area contributed by atoms with E-state index >= 15 is 0 Å². The van der Waals surface area contributed by atoms with E-state index in [0.29, 0.717) is 5.13 Å². The number of para-hydroxylation sites is 1. The van der Waals surface area contributed by atoms with Crippen molar-refractivity contribution in [2.45, 2.75) is 19.2 Å². The molecule has 0 spiro atoms. The molecule has 0 saturated carbocycles. The van der Waals surface area contributed by atoms with Crippen LogP contribution in [0.1, 0.15) is 12.5 Å². The highest BCUT2D eigenvalue weighted by Gasteiger charge is 2.12. The van der Waals surface area contributed by atoms with Gasteiger partial charge in [0.2, 0.25) is 5.91 Å². The average molecular weight is 255 g/mol. The number of thiazole rings is 1. The number of aryl methyl sites for hydroxylation is 1. The topological polar surface area (TPSA) is 42.0 Å². The quantitative estimate of drug-likeness (QED) is 0.837. The molecule has 2 aromatic rings. The molecule has 2 rings (SSSR count). The summed E-state index contributed by atoms with van der Waals surface area (Å²) in [5.41, 5.74) is 2.04. The summed E-state index contributed by atoms with van der Waals surface area (Å²) in [5.74, 6) is -0.224. The normalized spacial score (nSPS) is 12.7. The lowest BCUT2D eigenvalue weighted by Crippen LogP contribution is -2.19. The van der Waals surface area contributed by atoms with Gasteiger partial charge in [0.05, 0.1) is 10.2 Å². The fourth-order valence-electron chi connectivity index (χ4n) is 1.34.